The van der Waals surface area contributed by atoms with Gasteiger partial charge in [0, 0.05) is 34.1 Å². The maximum absolute atomic E-state index is 8.01. The predicted octanol–water partition coefficient (Wildman–Crippen LogP) is 13.8. The van der Waals surface area contributed by atoms with Gasteiger partial charge in [-0.2, -0.15) is 0 Å². The molecule has 0 aliphatic carbocycles. The Hall–Kier alpha value is -6.84. The summed E-state index contributed by atoms with van der Waals surface area (Å²) in [5.41, 5.74) is 10.4. The lowest BCUT2D eigenvalue weighted by Gasteiger charge is -2.26. The summed E-state index contributed by atoms with van der Waals surface area (Å²) in [7, 11) is 0. The molecule has 0 N–H and O–H groups in total. The van der Waals surface area contributed by atoms with Crippen LogP contribution in [0.5, 0.6) is 11.5 Å². The third kappa shape index (κ3) is 7.15. The monoisotopic (exact) mass is 660 g/mol. The number of hydrogen-bond acceptors (Lipinski definition) is 3. The van der Waals surface area contributed by atoms with Gasteiger partial charge in [-0.1, -0.05) is 121 Å². The Morgan fingerprint density at radius 3 is 0.922 bits per heavy atom. The van der Waals surface area contributed by atoms with E-state index in [9.17, 15) is 0 Å². The van der Waals surface area contributed by atoms with E-state index in [2.05, 4.69) is 107 Å². The van der Waals surface area contributed by atoms with Crippen molar-refractivity contribution in [1.29, 1.82) is 0 Å². The van der Waals surface area contributed by atoms with Crippen LogP contribution in [-0.4, -0.2) is 0 Å². The maximum atomic E-state index is 8.01. The van der Waals surface area contributed by atoms with Gasteiger partial charge in [0.1, 0.15) is 11.5 Å². The predicted molar refractivity (Wildman–Crippen MR) is 213 cm³/mol. The average Bonchev–Trinajstić information content (AvgIpc) is 3.21. The highest BCUT2D eigenvalue weighted by molar-refractivity contribution is 5.80. The Morgan fingerprint density at radius 1 is 0.275 bits per heavy atom. The van der Waals surface area contributed by atoms with Crippen molar-refractivity contribution in [2.75, 3.05) is 9.80 Å². The number of nitrogens with zero attached hydrogens (tertiary/aromatic N) is 2. The van der Waals surface area contributed by atoms with Crippen molar-refractivity contribution in [3.63, 3.8) is 0 Å². The third-order valence-electron chi connectivity index (χ3n) is 8.79. The van der Waals surface area contributed by atoms with Crippen LogP contribution in [0.2, 0.25) is 0 Å². The van der Waals surface area contributed by atoms with Crippen LogP contribution in [0.15, 0.2) is 218 Å². The number of hydrogen-bond donors (Lipinski definition) is 0. The summed E-state index contributed by atoms with van der Waals surface area (Å²) < 4.78 is 22.4. The van der Waals surface area contributed by atoms with Crippen molar-refractivity contribution in [2.45, 2.75) is 0 Å². The Kier molecular flexibility index (Phi) is 8.41. The van der Waals surface area contributed by atoms with Crippen molar-refractivity contribution in [1.82, 2.24) is 0 Å². The molecule has 0 aliphatic rings. The molecule has 0 fully saturated rings. The maximum Gasteiger partial charge on any atom is 0.127 e. The van der Waals surface area contributed by atoms with Gasteiger partial charge in [0.15, 0.2) is 0 Å². The van der Waals surface area contributed by atoms with Gasteiger partial charge in [0.05, 0.1) is 2.74 Å². The summed E-state index contributed by atoms with van der Waals surface area (Å²) in [5.74, 6) is 1.49. The Bertz CT molecular complexity index is 2240. The van der Waals surface area contributed by atoms with Crippen molar-refractivity contribution in [2.24, 2.45) is 0 Å². The molecule has 244 valence electrons. The third-order valence-corrected chi connectivity index (χ3v) is 8.79. The van der Waals surface area contributed by atoms with Crippen LogP contribution in [0.1, 0.15) is 2.74 Å². The van der Waals surface area contributed by atoms with Gasteiger partial charge in [0.25, 0.3) is 0 Å². The highest BCUT2D eigenvalue weighted by Crippen LogP contribution is 2.39. The van der Waals surface area contributed by atoms with Crippen LogP contribution in [-0.2, 0) is 0 Å². The first kappa shape index (κ1) is 29.1. The van der Waals surface area contributed by atoms with E-state index in [1.165, 1.54) is 0 Å². The summed E-state index contributed by atoms with van der Waals surface area (Å²) >= 11 is 0. The second kappa shape index (κ2) is 14.7. The van der Waals surface area contributed by atoms with Gasteiger partial charge in [-0.05, 0) is 119 Å². The van der Waals surface area contributed by atoms with Gasteiger partial charge >= 0.3 is 0 Å². The molecule has 0 atom stereocenters. The minimum absolute atomic E-state index is 0.500. The zero-order chi connectivity index (χ0) is 36.0. The fourth-order valence-corrected chi connectivity index (χ4v) is 6.26. The van der Waals surface area contributed by atoms with Gasteiger partial charge in [0.2, 0.25) is 0 Å². The zero-order valence-electron chi connectivity index (χ0n) is 29.9. The molecule has 51 heavy (non-hydrogen) atoms. The van der Waals surface area contributed by atoms with E-state index in [0.717, 1.165) is 67.9 Å². The van der Waals surface area contributed by atoms with Gasteiger partial charge in [-0.3, -0.25) is 0 Å². The quantitative estimate of drug-likeness (QED) is 0.145. The summed E-state index contributed by atoms with van der Waals surface area (Å²) in [6, 6.07) is 70.1. The largest absolute Gasteiger partial charge is 0.457 e. The molecule has 8 aromatic rings. The molecule has 0 aliphatic heterocycles. The van der Waals surface area contributed by atoms with Crippen LogP contribution in [0.25, 0.3) is 22.3 Å². The van der Waals surface area contributed by atoms with E-state index in [4.69, 9.17) is 7.48 Å². The van der Waals surface area contributed by atoms with Crippen LogP contribution < -0.4 is 14.5 Å². The Morgan fingerprint density at radius 2 is 0.569 bits per heavy atom. The van der Waals surface area contributed by atoms with Crippen molar-refractivity contribution >= 4 is 34.1 Å². The first-order valence-corrected chi connectivity index (χ1v) is 17.0. The van der Waals surface area contributed by atoms with E-state index in [0.29, 0.717) is 12.1 Å². The molecule has 3 nitrogen and oxygen atoms in total. The lowest BCUT2D eigenvalue weighted by atomic mass is 10.0. The molecule has 0 amide bonds. The molecular weight excluding hydrogens is 621 g/mol. The van der Waals surface area contributed by atoms with E-state index >= 15 is 0 Å². The first-order chi connectivity index (χ1) is 26.1. The van der Waals surface area contributed by atoms with Crippen LogP contribution in [0.4, 0.5) is 34.1 Å². The van der Waals surface area contributed by atoms with Crippen LogP contribution in [0.3, 0.4) is 0 Å². The van der Waals surface area contributed by atoms with Crippen LogP contribution in [0, 0.1) is 0 Å². The molecule has 0 unspecified atom stereocenters. The number of para-hydroxylation sites is 2. The molecule has 0 heterocycles. The van der Waals surface area contributed by atoms with Crippen molar-refractivity contribution in [3.05, 3.63) is 218 Å². The van der Waals surface area contributed by atoms with Gasteiger partial charge in [-0.15, -0.1) is 0 Å². The minimum atomic E-state index is 0.500. The zero-order valence-corrected chi connectivity index (χ0v) is 27.9. The smallest absolute Gasteiger partial charge is 0.127 e. The molecule has 3 heteroatoms. The highest BCUT2D eigenvalue weighted by Gasteiger charge is 2.15. The molecule has 8 rings (SSSR count). The van der Waals surface area contributed by atoms with Gasteiger partial charge in [-0.25, -0.2) is 0 Å². The summed E-state index contributed by atoms with van der Waals surface area (Å²) in [6.07, 6.45) is 0. The first-order valence-electron chi connectivity index (χ1n) is 18.0. The number of anilines is 6. The van der Waals surface area contributed by atoms with E-state index in [1.807, 2.05) is 97.1 Å². The summed E-state index contributed by atoms with van der Waals surface area (Å²) in [5, 5.41) is 0. The van der Waals surface area contributed by atoms with E-state index in [-0.39, 0.29) is 0 Å². The molecule has 0 spiro atoms. The molecule has 0 bridgehead atoms. The normalized spacial score (nSPS) is 11.3. The molecule has 0 radical (unpaired) electrons. The number of ether oxygens (including phenoxy) is 1. The molecule has 0 saturated carbocycles. The SMILES string of the molecule is [3H]c1cccc(-c2ccc(N(c3ccccc3)c3ccc(Oc4ccc(N(c5ccccc5)c5ccc(-c6cccc([3H])c6)cc5)cc4)cc3)cc2)c1. The summed E-state index contributed by atoms with van der Waals surface area (Å²) in [4.78, 5) is 4.45. The molecule has 0 saturated heterocycles. The lowest BCUT2D eigenvalue weighted by Crippen LogP contribution is -2.09. The Labute approximate surface area is 302 Å². The molecule has 8 aromatic carbocycles. The fraction of sp³-hybridized carbons (Fsp3) is 0. The molecule has 0 aromatic heterocycles. The highest BCUT2D eigenvalue weighted by atomic mass is 16.5. The second-order valence-corrected chi connectivity index (χ2v) is 12.1. The average molecular weight is 661 g/mol. The van der Waals surface area contributed by atoms with Crippen LogP contribution >= 0.6 is 0 Å². The number of benzene rings is 8. The Balaban J connectivity index is 1.02. The number of rotatable bonds is 10. The minimum Gasteiger partial charge on any atom is -0.457 e. The van der Waals surface area contributed by atoms with Crippen molar-refractivity contribution in [3.8, 4) is 33.8 Å². The topological polar surface area (TPSA) is 15.7 Å². The summed E-state index contributed by atoms with van der Waals surface area (Å²) in [6.45, 7) is 0. The molecular formula is C48H36N2O. The van der Waals surface area contributed by atoms with Crippen molar-refractivity contribution < 1.29 is 7.48 Å². The van der Waals surface area contributed by atoms with Gasteiger partial charge < -0.3 is 14.5 Å². The second-order valence-electron chi connectivity index (χ2n) is 12.1. The van der Waals surface area contributed by atoms with E-state index in [1.54, 1.807) is 12.1 Å². The van der Waals surface area contributed by atoms with E-state index < -0.39 is 0 Å². The standard InChI is InChI=1S/C48H36N2O/c1-5-13-37(14-6-1)39-21-25-43(26-22-39)49(41-17-9-3-10-18-41)45-29-33-47(34-30-45)51-48-35-31-46(32-36-48)50(42-19-11-4-12-20-42)44-27-23-40(24-28-44)38-15-7-2-8-16-38/h1-36H/i5T,7T. The lowest BCUT2D eigenvalue weighted by molar-refractivity contribution is 0.483. The fourth-order valence-electron chi connectivity index (χ4n) is 6.26.